The molecule has 1 saturated heterocycles. The lowest BCUT2D eigenvalue weighted by Gasteiger charge is -2.32. The molecule has 0 saturated carbocycles. The molecule has 0 unspecified atom stereocenters. The second-order valence-electron chi connectivity index (χ2n) is 6.00. The van der Waals surface area contributed by atoms with Crippen LogP contribution in [0.2, 0.25) is 0 Å². The Morgan fingerprint density at radius 2 is 1.71 bits per heavy atom. The summed E-state index contributed by atoms with van der Waals surface area (Å²) in [6, 6.07) is 7.10. The quantitative estimate of drug-likeness (QED) is 0.918. The zero-order valence-electron chi connectivity index (χ0n) is 13.8. The van der Waals surface area contributed by atoms with Gasteiger partial charge in [-0.3, -0.25) is 4.79 Å². The molecule has 3 rings (SSSR count). The van der Waals surface area contributed by atoms with Gasteiger partial charge < -0.3 is 14.9 Å². The lowest BCUT2D eigenvalue weighted by atomic mass is 10.1. The minimum atomic E-state index is -0.999. The molecule has 1 aromatic carbocycles. The Labute approximate surface area is 140 Å². The Morgan fingerprint density at radius 3 is 2.25 bits per heavy atom. The van der Waals surface area contributed by atoms with Gasteiger partial charge in [0, 0.05) is 31.7 Å². The number of benzene rings is 1. The van der Waals surface area contributed by atoms with Crippen LogP contribution in [0.4, 0.5) is 0 Å². The summed E-state index contributed by atoms with van der Waals surface area (Å²) < 4.78 is 1.56. The van der Waals surface area contributed by atoms with E-state index in [2.05, 4.69) is 17.0 Å². The maximum atomic E-state index is 12.5. The summed E-state index contributed by atoms with van der Waals surface area (Å²) in [7, 11) is 2.05. The number of carbonyl (C=O) groups excluding carboxylic acids is 1. The minimum Gasteiger partial charge on any atom is -0.478 e. The van der Waals surface area contributed by atoms with E-state index < -0.39 is 5.97 Å². The fourth-order valence-electron chi connectivity index (χ4n) is 2.82. The summed E-state index contributed by atoms with van der Waals surface area (Å²) >= 11 is 0. The van der Waals surface area contributed by atoms with E-state index in [0.29, 0.717) is 11.3 Å². The van der Waals surface area contributed by atoms with E-state index in [0.717, 1.165) is 31.9 Å². The predicted octanol–water partition coefficient (Wildman–Crippen LogP) is 1.27. The third-order valence-electron chi connectivity index (χ3n) is 4.39. The van der Waals surface area contributed by atoms with E-state index in [-0.39, 0.29) is 11.5 Å². The maximum absolute atomic E-state index is 12.5. The molecule has 0 aliphatic carbocycles. The largest absolute Gasteiger partial charge is 0.478 e. The maximum Gasteiger partial charge on any atom is 0.339 e. The van der Waals surface area contributed by atoms with Crippen LogP contribution in [0.5, 0.6) is 0 Å². The summed E-state index contributed by atoms with van der Waals surface area (Å²) in [6.07, 6.45) is 1.33. The first-order chi connectivity index (χ1) is 11.5. The van der Waals surface area contributed by atoms with Crippen molar-refractivity contribution in [2.75, 3.05) is 33.2 Å². The van der Waals surface area contributed by atoms with E-state index in [1.165, 1.54) is 6.20 Å². The first-order valence-corrected chi connectivity index (χ1v) is 7.83. The number of piperazine rings is 1. The number of amides is 1. The second-order valence-corrected chi connectivity index (χ2v) is 6.00. The first-order valence-electron chi connectivity index (χ1n) is 7.83. The molecule has 0 atom stereocenters. The summed E-state index contributed by atoms with van der Waals surface area (Å²) in [6.45, 7) is 4.94. The van der Waals surface area contributed by atoms with Gasteiger partial charge in [-0.15, -0.1) is 0 Å². The third kappa shape index (κ3) is 3.03. The Balaban J connectivity index is 1.78. The smallest absolute Gasteiger partial charge is 0.339 e. The molecule has 24 heavy (non-hydrogen) atoms. The number of hydrogen-bond donors (Lipinski definition) is 1. The number of carboxylic acids is 1. The Kier molecular flexibility index (Phi) is 4.35. The molecule has 0 spiro atoms. The van der Waals surface area contributed by atoms with E-state index >= 15 is 0 Å². The van der Waals surface area contributed by atoms with Gasteiger partial charge in [-0.2, -0.15) is 5.10 Å². The van der Waals surface area contributed by atoms with Crippen molar-refractivity contribution in [3.63, 3.8) is 0 Å². The van der Waals surface area contributed by atoms with E-state index in [1.54, 1.807) is 35.9 Å². The van der Waals surface area contributed by atoms with Crippen LogP contribution in [0.25, 0.3) is 5.69 Å². The molecule has 2 aromatic rings. The summed E-state index contributed by atoms with van der Waals surface area (Å²) in [5.74, 6) is -0.973. The van der Waals surface area contributed by atoms with Crippen molar-refractivity contribution in [2.24, 2.45) is 0 Å². The number of aromatic nitrogens is 2. The van der Waals surface area contributed by atoms with Gasteiger partial charge in [-0.25, -0.2) is 9.48 Å². The number of hydrogen-bond acceptors (Lipinski definition) is 4. The van der Waals surface area contributed by atoms with Gasteiger partial charge in [-0.1, -0.05) is 0 Å². The van der Waals surface area contributed by atoms with Crippen LogP contribution in [0.15, 0.2) is 30.5 Å². The average molecular weight is 328 g/mol. The zero-order valence-corrected chi connectivity index (χ0v) is 13.8. The van der Waals surface area contributed by atoms with Gasteiger partial charge in [0.1, 0.15) is 5.56 Å². The van der Waals surface area contributed by atoms with Crippen molar-refractivity contribution in [3.8, 4) is 5.69 Å². The Bertz CT molecular complexity index is 759. The molecule has 1 fully saturated rings. The average Bonchev–Trinajstić information content (AvgIpc) is 2.97. The van der Waals surface area contributed by atoms with Crippen LogP contribution in [0.1, 0.15) is 26.4 Å². The highest BCUT2D eigenvalue weighted by molar-refractivity contribution is 5.94. The zero-order chi connectivity index (χ0) is 17.3. The highest BCUT2D eigenvalue weighted by atomic mass is 16.4. The topological polar surface area (TPSA) is 78.7 Å². The fraction of sp³-hybridized carbons (Fsp3) is 0.353. The van der Waals surface area contributed by atoms with Gasteiger partial charge >= 0.3 is 5.97 Å². The number of likely N-dealkylation sites (N-methyl/N-ethyl adjacent to an activating group) is 1. The van der Waals surface area contributed by atoms with Crippen molar-refractivity contribution >= 4 is 11.9 Å². The van der Waals surface area contributed by atoms with Gasteiger partial charge in [-0.05, 0) is 38.2 Å². The van der Waals surface area contributed by atoms with Crippen molar-refractivity contribution in [1.29, 1.82) is 0 Å². The minimum absolute atomic E-state index is 0.0260. The fourth-order valence-corrected chi connectivity index (χ4v) is 2.82. The van der Waals surface area contributed by atoms with Crippen LogP contribution in [-0.4, -0.2) is 69.8 Å². The van der Waals surface area contributed by atoms with Crippen molar-refractivity contribution in [1.82, 2.24) is 19.6 Å². The summed E-state index contributed by atoms with van der Waals surface area (Å²) in [4.78, 5) is 27.7. The number of nitrogens with zero attached hydrogens (tertiary/aromatic N) is 4. The molecular formula is C17H20N4O3. The normalized spacial score (nSPS) is 15.5. The highest BCUT2D eigenvalue weighted by Crippen LogP contribution is 2.16. The van der Waals surface area contributed by atoms with Gasteiger partial charge in [0.05, 0.1) is 17.6 Å². The molecule has 7 heteroatoms. The number of carbonyl (C=O) groups is 2. The first kappa shape index (κ1) is 16.2. The standard InChI is InChI=1S/C17H20N4O3/c1-12-15(17(23)24)11-18-21(12)14-5-3-13(4-6-14)16(22)20-9-7-19(2)8-10-20/h3-6,11H,7-10H2,1-2H3,(H,23,24). The SMILES string of the molecule is Cc1c(C(=O)O)cnn1-c1ccc(C(=O)N2CCN(C)CC2)cc1. The van der Waals surface area contributed by atoms with Crippen LogP contribution >= 0.6 is 0 Å². The highest BCUT2D eigenvalue weighted by Gasteiger charge is 2.20. The molecule has 1 N–H and O–H groups in total. The number of rotatable bonds is 3. The molecule has 1 amide bonds. The molecule has 0 bridgehead atoms. The molecule has 1 aliphatic rings. The Morgan fingerprint density at radius 1 is 1.08 bits per heavy atom. The molecule has 126 valence electrons. The predicted molar refractivity (Wildman–Crippen MR) is 88.7 cm³/mol. The van der Waals surface area contributed by atoms with Crippen molar-refractivity contribution in [2.45, 2.75) is 6.92 Å². The van der Waals surface area contributed by atoms with Gasteiger partial charge in [0.2, 0.25) is 0 Å². The molecular weight excluding hydrogens is 308 g/mol. The summed E-state index contributed by atoms with van der Waals surface area (Å²) in [5, 5.41) is 13.2. The van der Waals surface area contributed by atoms with Crippen molar-refractivity contribution in [3.05, 3.63) is 47.3 Å². The van der Waals surface area contributed by atoms with Crippen molar-refractivity contribution < 1.29 is 14.7 Å². The summed E-state index contributed by atoms with van der Waals surface area (Å²) in [5.41, 5.74) is 2.09. The molecule has 1 aliphatic heterocycles. The van der Waals surface area contributed by atoms with Gasteiger partial charge in [0.15, 0.2) is 0 Å². The lowest BCUT2D eigenvalue weighted by molar-refractivity contribution is 0.0662. The number of carboxylic acid groups (broad SMARTS) is 1. The van der Waals surface area contributed by atoms with Crippen LogP contribution < -0.4 is 0 Å². The Hall–Kier alpha value is -2.67. The third-order valence-corrected chi connectivity index (χ3v) is 4.39. The molecule has 0 radical (unpaired) electrons. The number of aromatic carboxylic acids is 1. The van der Waals surface area contributed by atoms with Crippen LogP contribution in [0, 0.1) is 6.92 Å². The van der Waals surface area contributed by atoms with Crippen LogP contribution in [0.3, 0.4) is 0 Å². The lowest BCUT2D eigenvalue weighted by Crippen LogP contribution is -2.47. The second kappa shape index (κ2) is 6.45. The van der Waals surface area contributed by atoms with E-state index in [1.807, 2.05) is 4.90 Å². The van der Waals surface area contributed by atoms with E-state index in [9.17, 15) is 9.59 Å². The molecule has 1 aromatic heterocycles. The molecule has 2 heterocycles. The monoisotopic (exact) mass is 328 g/mol. The van der Waals surface area contributed by atoms with E-state index in [4.69, 9.17) is 5.11 Å². The van der Waals surface area contributed by atoms with Gasteiger partial charge in [0.25, 0.3) is 5.91 Å². The van der Waals surface area contributed by atoms with Crippen LogP contribution in [-0.2, 0) is 0 Å². The molecule has 7 nitrogen and oxygen atoms in total.